The highest BCUT2D eigenvalue weighted by atomic mass is 35.5. The first-order valence-electron chi connectivity index (χ1n) is 10.2. The number of H-pyrrole nitrogens is 1. The second kappa shape index (κ2) is 7.90. The normalized spacial score (nSPS) is 16.8. The number of aromatic amines is 1. The molecule has 4 heterocycles. The molecule has 0 saturated carbocycles. The quantitative estimate of drug-likeness (QED) is 0.505. The maximum absolute atomic E-state index is 14.4. The number of hydrogen-bond donors (Lipinski definition) is 1. The van der Waals surface area contributed by atoms with E-state index < -0.39 is 0 Å². The zero-order chi connectivity index (χ0) is 21.5. The van der Waals surface area contributed by atoms with Crippen LogP contribution in [-0.4, -0.2) is 58.3 Å². The lowest BCUT2D eigenvalue weighted by Gasteiger charge is -2.26. The van der Waals surface area contributed by atoms with Crippen LogP contribution in [0.25, 0.3) is 33.5 Å². The summed E-state index contributed by atoms with van der Waals surface area (Å²) < 4.78 is 14.4. The maximum Gasteiger partial charge on any atom is 0.132 e. The number of pyridine rings is 2. The average molecular weight is 437 g/mol. The molecule has 0 radical (unpaired) electrons. The van der Waals surface area contributed by atoms with E-state index in [9.17, 15) is 4.39 Å². The zero-order valence-corrected chi connectivity index (χ0v) is 18.1. The van der Waals surface area contributed by atoms with Crippen LogP contribution in [0.3, 0.4) is 0 Å². The van der Waals surface area contributed by atoms with Crippen molar-refractivity contribution in [2.45, 2.75) is 12.5 Å². The molecule has 1 fully saturated rings. The smallest absolute Gasteiger partial charge is 0.132 e. The van der Waals surface area contributed by atoms with Crippen LogP contribution in [0, 0.1) is 5.82 Å². The van der Waals surface area contributed by atoms with Crippen LogP contribution < -0.4 is 4.90 Å². The van der Waals surface area contributed by atoms with E-state index in [1.165, 1.54) is 12.1 Å². The SMILES string of the molecule is CN1CCC(N(C)c2cnc3ccc(-c4c[nH]nc4-c4cc(Cl)ccc4F)nc3c2)C1. The predicted molar refractivity (Wildman–Crippen MR) is 122 cm³/mol. The first-order chi connectivity index (χ1) is 15.0. The number of nitrogens with one attached hydrogen (secondary N) is 1. The highest BCUT2D eigenvalue weighted by Crippen LogP contribution is 2.33. The maximum atomic E-state index is 14.4. The summed E-state index contributed by atoms with van der Waals surface area (Å²) in [5.74, 6) is -0.384. The summed E-state index contributed by atoms with van der Waals surface area (Å²) in [4.78, 5) is 14.0. The lowest BCUT2D eigenvalue weighted by atomic mass is 10.0. The lowest BCUT2D eigenvalue weighted by molar-refractivity contribution is 0.409. The molecule has 6 nitrogen and oxygen atoms in total. The highest BCUT2D eigenvalue weighted by Gasteiger charge is 2.24. The van der Waals surface area contributed by atoms with Gasteiger partial charge in [-0.05, 0) is 56.4 Å². The van der Waals surface area contributed by atoms with Crippen molar-refractivity contribution in [3.8, 4) is 22.5 Å². The number of hydrogen-bond acceptors (Lipinski definition) is 5. The van der Waals surface area contributed by atoms with Gasteiger partial charge in [-0.3, -0.25) is 10.1 Å². The summed E-state index contributed by atoms with van der Waals surface area (Å²) in [6, 6.07) is 10.8. The number of halogens is 2. The number of benzene rings is 1. The molecule has 1 unspecified atom stereocenters. The van der Waals surface area contributed by atoms with Crippen LogP contribution in [0.15, 0.2) is 48.8 Å². The first-order valence-corrected chi connectivity index (χ1v) is 10.5. The molecule has 1 aromatic carbocycles. The van der Waals surface area contributed by atoms with Crippen LogP contribution in [-0.2, 0) is 0 Å². The van der Waals surface area contributed by atoms with E-state index in [2.05, 4.69) is 45.1 Å². The van der Waals surface area contributed by atoms with Gasteiger partial charge in [0.05, 0.1) is 28.6 Å². The van der Waals surface area contributed by atoms with Gasteiger partial charge in [0.2, 0.25) is 0 Å². The molecule has 1 N–H and O–H groups in total. The number of fused-ring (bicyclic) bond motifs is 1. The van der Waals surface area contributed by atoms with Gasteiger partial charge in [0.1, 0.15) is 11.5 Å². The molecular weight excluding hydrogens is 415 g/mol. The lowest BCUT2D eigenvalue weighted by Crippen LogP contribution is -2.33. The fraction of sp³-hybridized carbons (Fsp3) is 0.261. The third-order valence-electron chi connectivity index (χ3n) is 5.94. The molecule has 3 aromatic heterocycles. The number of rotatable bonds is 4. The molecule has 1 saturated heterocycles. The molecule has 0 amide bonds. The van der Waals surface area contributed by atoms with Crippen molar-refractivity contribution in [3.63, 3.8) is 0 Å². The van der Waals surface area contributed by atoms with Crippen molar-refractivity contribution in [2.24, 2.45) is 0 Å². The van der Waals surface area contributed by atoms with Crippen LogP contribution >= 0.6 is 11.6 Å². The minimum atomic E-state index is -0.384. The highest BCUT2D eigenvalue weighted by molar-refractivity contribution is 6.30. The van der Waals surface area contributed by atoms with E-state index in [1.54, 1.807) is 12.3 Å². The zero-order valence-electron chi connectivity index (χ0n) is 17.3. The van der Waals surface area contributed by atoms with Gasteiger partial charge < -0.3 is 9.80 Å². The minimum absolute atomic E-state index is 0.336. The molecule has 0 aliphatic carbocycles. The third kappa shape index (κ3) is 3.75. The molecular formula is C23H22ClFN6. The van der Waals surface area contributed by atoms with Gasteiger partial charge in [-0.1, -0.05) is 11.6 Å². The van der Waals surface area contributed by atoms with E-state index in [-0.39, 0.29) is 5.82 Å². The van der Waals surface area contributed by atoms with E-state index in [0.717, 1.165) is 36.2 Å². The Balaban J connectivity index is 1.53. The fourth-order valence-corrected chi connectivity index (χ4v) is 4.32. The van der Waals surface area contributed by atoms with Gasteiger partial charge in [0, 0.05) is 42.0 Å². The Morgan fingerprint density at radius 2 is 2.03 bits per heavy atom. The van der Waals surface area contributed by atoms with Gasteiger partial charge in [-0.15, -0.1) is 0 Å². The molecule has 1 atom stereocenters. The van der Waals surface area contributed by atoms with Crippen molar-refractivity contribution < 1.29 is 4.39 Å². The number of aromatic nitrogens is 4. The number of nitrogens with zero attached hydrogens (tertiary/aromatic N) is 5. The summed E-state index contributed by atoms with van der Waals surface area (Å²) in [5.41, 5.74) is 4.84. The van der Waals surface area contributed by atoms with Gasteiger partial charge >= 0.3 is 0 Å². The van der Waals surface area contributed by atoms with Crippen molar-refractivity contribution in [3.05, 3.63) is 59.6 Å². The van der Waals surface area contributed by atoms with Crippen LogP contribution in [0.2, 0.25) is 5.02 Å². The van der Waals surface area contributed by atoms with Crippen molar-refractivity contribution in [1.29, 1.82) is 0 Å². The number of likely N-dealkylation sites (N-methyl/N-ethyl adjacent to an activating group) is 2. The van der Waals surface area contributed by atoms with E-state index >= 15 is 0 Å². The molecule has 5 rings (SSSR count). The summed E-state index contributed by atoms with van der Waals surface area (Å²) >= 11 is 6.08. The number of anilines is 1. The second-order valence-corrected chi connectivity index (χ2v) is 8.45. The van der Waals surface area contributed by atoms with E-state index in [4.69, 9.17) is 16.6 Å². The Kier molecular flexibility index (Phi) is 5.08. The van der Waals surface area contributed by atoms with Crippen LogP contribution in [0.5, 0.6) is 0 Å². The summed E-state index contributed by atoms with van der Waals surface area (Å²) in [5, 5.41) is 7.54. The standard InChI is InChI=1S/C23H22ClFN6/c1-30-8-7-15(13-30)31(2)16-10-22-21(26-11-16)6-5-20(28-22)18-12-27-29-23(18)17-9-14(24)3-4-19(17)25/h3-6,9-12,15H,7-8,13H2,1-2H3,(H,27,29). The van der Waals surface area contributed by atoms with Gasteiger partial charge in [-0.25, -0.2) is 9.37 Å². The molecule has 8 heteroatoms. The Labute approximate surface area is 184 Å². The van der Waals surface area contributed by atoms with Crippen molar-refractivity contribution in [1.82, 2.24) is 25.1 Å². The molecule has 1 aliphatic rings. The average Bonchev–Trinajstić information content (AvgIpc) is 3.43. The number of likely N-dealkylation sites (tertiary alicyclic amines) is 1. The second-order valence-electron chi connectivity index (χ2n) is 8.02. The van der Waals surface area contributed by atoms with Crippen LogP contribution in [0.4, 0.5) is 10.1 Å². The van der Waals surface area contributed by atoms with Crippen molar-refractivity contribution >= 4 is 28.3 Å². The fourth-order valence-electron chi connectivity index (χ4n) is 4.15. The molecule has 158 valence electrons. The summed E-state index contributed by atoms with van der Waals surface area (Å²) in [6.07, 6.45) is 4.75. The summed E-state index contributed by atoms with van der Waals surface area (Å²) in [6.45, 7) is 2.13. The first kappa shape index (κ1) is 19.9. The third-order valence-corrected chi connectivity index (χ3v) is 6.18. The van der Waals surface area contributed by atoms with Crippen molar-refractivity contribution in [2.75, 3.05) is 32.1 Å². The minimum Gasteiger partial charge on any atom is -0.369 e. The summed E-state index contributed by atoms with van der Waals surface area (Å²) in [7, 11) is 4.25. The molecule has 4 aromatic rings. The van der Waals surface area contributed by atoms with Gasteiger partial charge in [0.25, 0.3) is 0 Å². The van der Waals surface area contributed by atoms with Gasteiger partial charge in [-0.2, -0.15) is 5.10 Å². The Bertz CT molecular complexity index is 1260. The molecule has 1 aliphatic heterocycles. The van der Waals surface area contributed by atoms with Gasteiger partial charge in [0.15, 0.2) is 0 Å². The topological polar surface area (TPSA) is 60.9 Å². The van der Waals surface area contributed by atoms with Crippen LogP contribution in [0.1, 0.15) is 6.42 Å². The monoisotopic (exact) mass is 436 g/mol. The Hall–Kier alpha value is -3.03. The largest absolute Gasteiger partial charge is 0.369 e. The molecule has 0 bridgehead atoms. The Morgan fingerprint density at radius 3 is 2.84 bits per heavy atom. The van der Waals surface area contributed by atoms with E-state index in [1.807, 2.05) is 18.3 Å². The molecule has 31 heavy (non-hydrogen) atoms. The van der Waals surface area contributed by atoms with E-state index in [0.29, 0.717) is 33.6 Å². The predicted octanol–water partition coefficient (Wildman–Crippen LogP) is 4.62. The molecule has 0 spiro atoms. The Morgan fingerprint density at radius 1 is 1.16 bits per heavy atom.